The molecule has 0 fully saturated rings. The van der Waals surface area contributed by atoms with E-state index in [9.17, 15) is 14.9 Å². The zero-order valence-corrected chi connectivity index (χ0v) is 13.3. The number of thioether (sulfide) groups is 2. The number of nitrogens with zero attached hydrogens (tertiary/aromatic N) is 3. The highest BCUT2D eigenvalue weighted by molar-refractivity contribution is 8.03. The third-order valence-electron chi connectivity index (χ3n) is 2.23. The van der Waals surface area contributed by atoms with Crippen molar-refractivity contribution in [3.8, 4) is 0 Å². The summed E-state index contributed by atoms with van der Waals surface area (Å²) in [6.45, 7) is 0. The van der Waals surface area contributed by atoms with Crippen molar-refractivity contribution in [2.24, 2.45) is 0 Å². The first-order chi connectivity index (χ1) is 10.1. The summed E-state index contributed by atoms with van der Waals surface area (Å²) in [5, 5.41) is 21.1. The quantitative estimate of drug-likeness (QED) is 0.489. The van der Waals surface area contributed by atoms with Gasteiger partial charge in [0.2, 0.25) is 5.91 Å². The van der Waals surface area contributed by atoms with Gasteiger partial charge in [-0.2, -0.15) is 0 Å². The molecule has 1 amide bonds. The van der Waals surface area contributed by atoms with Crippen molar-refractivity contribution in [3.05, 3.63) is 34.4 Å². The fraction of sp³-hybridized carbons (Fsp3) is 0.182. The third kappa shape index (κ3) is 4.69. The Bertz CT molecular complexity index is 662. The first-order valence-corrected chi connectivity index (χ1v) is 8.66. The van der Waals surface area contributed by atoms with Crippen LogP contribution < -0.4 is 5.32 Å². The summed E-state index contributed by atoms with van der Waals surface area (Å²) >= 11 is 4.20. The van der Waals surface area contributed by atoms with Crippen LogP contribution in [0.15, 0.2) is 32.9 Å². The van der Waals surface area contributed by atoms with Gasteiger partial charge in [-0.1, -0.05) is 40.9 Å². The molecule has 0 saturated heterocycles. The number of anilines is 1. The van der Waals surface area contributed by atoms with Gasteiger partial charge in [0.1, 0.15) is 0 Å². The standard InChI is InChI=1S/C11H10N4O3S3/c1-19-10-13-14-11(21-10)20-6-9(16)12-7-3-2-4-8(5-7)15(17)18/h2-5H,6H2,1H3,(H,12,16). The Kier molecular flexibility index (Phi) is 5.53. The zero-order valence-electron chi connectivity index (χ0n) is 10.8. The Labute approximate surface area is 132 Å². The van der Waals surface area contributed by atoms with Crippen molar-refractivity contribution < 1.29 is 9.72 Å². The number of nitrogens with one attached hydrogen (secondary N) is 1. The molecule has 110 valence electrons. The number of carbonyl (C=O) groups excluding carboxylic acids is 1. The van der Waals surface area contributed by atoms with Crippen LogP contribution in [0.5, 0.6) is 0 Å². The van der Waals surface area contributed by atoms with Gasteiger partial charge in [-0.05, 0) is 12.3 Å². The van der Waals surface area contributed by atoms with Crippen LogP contribution in [0.3, 0.4) is 0 Å². The van der Waals surface area contributed by atoms with E-state index in [4.69, 9.17) is 0 Å². The van der Waals surface area contributed by atoms with Crippen molar-refractivity contribution >= 4 is 52.1 Å². The lowest BCUT2D eigenvalue weighted by Gasteiger charge is -2.03. The summed E-state index contributed by atoms with van der Waals surface area (Å²) in [6, 6.07) is 5.82. The van der Waals surface area contributed by atoms with Gasteiger partial charge in [-0.15, -0.1) is 10.2 Å². The van der Waals surface area contributed by atoms with E-state index < -0.39 is 4.92 Å². The first-order valence-electron chi connectivity index (χ1n) is 5.63. The van der Waals surface area contributed by atoms with E-state index in [-0.39, 0.29) is 17.3 Å². The minimum atomic E-state index is -0.504. The van der Waals surface area contributed by atoms with Gasteiger partial charge in [-0.3, -0.25) is 14.9 Å². The number of nitro benzene ring substituents is 1. The van der Waals surface area contributed by atoms with Gasteiger partial charge in [0.15, 0.2) is 8.68 Å². The fourth-order valence-electron chi connectivity index (χ4n) is 1.36. The number of benzene rings is 1. The van der Waals surface area contributed by atoms with Crippen molar-refractivity contribution in [2.75, 3.05) is 17.3 Å². The summed E-state index contributed by atoms with van der Waals surface area (Å²) in [4.78, 5) is 21.9. The smallest absolute Gasteiger partial charge is 0.271 e. The molecule has 0 aliphatic carbocycles. The van der Waals surface area contributed by atoms with Gasteiger partial charge in [0, 0.05) is 17.8 Å². The van der Waals surface area contributed by atoms with Crippen LogP contribution in [0.4, 0.5) is 11.4 Å². The number of hydrogen-bond donors (Lipinski definition) is 1. The number of amides is 1. The summed E-state index contributed by atoms with van der Waals surface area (Å²) < 4.78 is 1.56. The monoisotopic (exact) mass is 342 g/mol. The topological polar surface area (TPSA) is 98.0 Å². The molecule has 1 heterocycles. The van der Waals surface area contributed by atoms with Crippen molar-refractivity contribution in [1.29, 1.82) is 0 Å². The highest BCUT2D eigenvalue weighted by Gasteiger charge is 2.10. The van der Waals surface area contributed by atoms with Gasteiger partial charge in [0.25, 0.3) is 5.69 Å². The van der Waals surface area contributed by atoms with Gasteiger partial charge < -0.3 is 5.32 Å². The second kappa shape index (κ2) is 7.38. The van der Waals surface area contributed by atoms with Crippen LogP contribution in [0.25, 0.3) is 0 Å². The number of hydrogen-bond acceptors (Lipinski definition) is 8. The lowest BCUT2D eigenvalue weighted by molar-refractivity contribution is -0.384. The summed E-state index contributed by atoms with van der Waals surface area (Å²) in [7, 11) is 0. The zero-order chi connectivity index (χ0) is 15.2. The molecule has 0 spiro atoms. The van der Waals surface area contributed by atoms with Crippen LogP contribution in [-0.2, 0) is 4.79 Å². The van der Waals surface area contributed by atoms with E-state index in [0.29, 0.717) is 10.0 Å². The van der Waals surface area contributed by atoms with E-state index in [1.54, 1.807) is 6.07 Å². The highest BCUT2D eigenvalue weighted by Crippen LogP contribution is 2.27. The molecule has 0 aliphatic rings. The molecule has 1 aromatic carbocycles. The Hall–Kier alpha value is -1.65. The molecule has 10 heteroatoms. The first kappa shape index (κ1) is 15.7. The number of rotatable bonds is 6. The molecule has 0 bridgehead atoms. The second-order valence-corrected chi connectivity index (χ2v) is 6.94. The van der Waals surface area contributed by atoms with Crippen LogP contribution >= 0.6 is 34.9 Å². The van der Waals surface area contributed by atoms with Crippen molar-refractivity contribution in [2.45, 2.75) is 8.68 Å². The molecule has 1 aromatic heterocycles. The van der Waals surface area contributed by atoms with Gasteiger partial charge >= 0.3 is 0 Å². The molecule has 2 rings (SSSR count). The number of non-ortho nitro benzene ring substituents is 1. The lowest BCUT2D eigenvalue weighted by atomic mass is 10.3. The lowest BCUT2D eigenvalue weighted by Crippen LogP contribution is -2.14. The summed E-state index contributed by atoms with van der Waals surface area (Å²) in [6.07, 6.45) is 1.91. The van der Waals surface area contributed by atoms with Gasteiger partial charge in [0.05, 0.1) is 10.7 Å². The maximum atomic E-state index is 11.8. The normalized spacial score (nSPS) is 10.3. The van der Waals surface area contributed by atoms with Gasteiger partial charge in [-0.25, -0.2) is 0 Å². The average Bonchev–Trinajstić information content (AvgIpc) is 2.93. The molecule has 1 N–H and O–H groups in total. The number of nitro groups is 1. The molecule has 0 unspecified atom stereocenters. The minimum absolute atomic E-state index is 0.0609. The van der Waals surface area contributed by atoms with Crippen LogP contribution in [0.2, 0.25) is 0 Å². The molecule has 21 heavy (non-hydrogen) atoms. The SMILES string of the molecule is CSc1nnc(SCC(=O)Nc2cccc([N+](=O)[O-])c2)s1. The third-order valence-corrected chi connectivity index (χ3v) is 5.26. The average molecular weight is 342 g/mol. The fourth-order valence-corrected chi connectivity index (χ4v) is 3.60. The van der Waals surface area contributed by atoms with Crippen LogP contribution in [0.1, 0.15) is 0 Å². The van der Waals surface area contributed by atoms with E-state index in [1.807, 2.05) is 6.26 Å². The Morgan fingerprint density at radius 2 is 2.19 bits per heavy atom. The predicted molar refractivity (Wildman–Crippen MR) is 84.1 cm³/mol. The van der Waals surface area contributed by atoms with Crippen molar-refractivity contribution in [1.82, 2.24) is 10.2 Å². The predicted octanol–water partition coefficient (Wildman–Crippen LogP) is 2.90. The van der Waals surface area contributed by atoms with E-state index >= 15 is 0 Å². The number of carbonyl (C=O) groups is 1. The molecule has 0 radical (unpaired) electrons. The van der Waals surface area contributed by atoms with Crippen LogP contribution in [0, 0.1) is 10.1 Å². The summed E-state index contributed by atoms with van der Waals surface area (Å²) in [5.41, 5.74) is 0.339. The van der Waals surface area contributed by atoms with E-state index in [2.05, 4.69) is 15.5 Å². The second-order valence-electron chi connectivity index (χ2n) is 3.68. The van der Waals surface area contributed by atoms with E-state index in [0.717, 1.165) is 4.34 Å². The van der Waals surface area contributed by atoms with Crippen molar-refractivity contribution in [3.63, 3.8) is 0 Å². The largest absolute Gasteiger partial charge is 0.325 e. The number of aromatic nitrogens is 2. The molecular weight excluding hydrogens is 332 g/mol. The van der Waals surface area contributed by atoms with Crippen LogP contribution in [-0.4, -0.2) is 33.0 Å². The highest BCUT2D eigenvalue weighted by atomic mass is 32.2. The molecule has 7 nitrogen and oxygen atoms in total. The Morgan fingerprint density at radius 3 is 2.86 bits per heavy atom. The minimum Gasteiger partial charge on any atom is -0.325 e. The molecule has 2 aromatic rings. The molecular formula is C11H10N4O3S3. The van der Waals surface area contributed by atoms with E-state index in [1.165, 1.54) is 53.1 Å². The Morgan fingerprint density at radius 1 is 1.43 bits per heavy atom. The molecule has 0 saturated carbocycles. The summed E-state index contributed by atoms with van der Waals surface area (Å²) in [5.74, 6) is -0.0764. The Balaban J connectivity index is 1.89. The molecule has 0 aliphatic heterocycles. The molecule has 0 atom stereocenters. The maximum Gasteiger partial charge on any atom is 0.271 e. The maximum absolute atomic E-state index is 11.8.